The third-order valence-electron chi connectivity index (χ3n) is 3.78. The molecule has 2 aromatic carbocycles. The molecule has 1 heterocycles. The van der Waals surface area contributed by atoms with E-state index in [1.165, 1.54) is 33.9 Å². The maximum atomic E-state index is 12.2. The second-order valence-corrected chi connectivity index (χ2v) is 7.93. The molecule has 0 saturated carbocycles. The van der Waals surface area contributed by atoms with E-state index in [1.54, 1.807) is 6.08 Å². The smallest absolute Gasteiger partial charge is 0.230 e. The van der Waals surface area contributed by atoms with Gasteiger partial charge in [-0.2, -0.15) is 0 Å². The van der Waals surface area contributed by atoms with Crippen molar-refractivity contribution in [3.05, 3.63) is 60.7 Å². The van der Waals surface area contributed by atoms with E-state index in [0.29, 0.717) is 12.3 Å². The molecule has 3 aromatic rings. The lowest BCUT2D eigenvalue weighted by molar-refractivity contribution is -0.119. The topological polar surface area (TPSA) is 66.9 Å². The number of anilines is 1. The van der Waals surface area contributed by atoms with Crippen molar-refractivity contribution in [3.63, 3.8) is 0 Å². The first-order chi connectivity index (χ1) is 12.7. The molecule has 7 heteroatoms. The number of thioether (sulfide) groups is 1. The Bertz CT molecular complexity index is 909. The van der Waals surface area contributed by atoms with E-state index >= 15 is 0 Å². The van der Waals surface area contributed by atoms with E-state index in [1.807, 2.05) is 19.1 Å². The minimum Gasteiger partial charge on any atom is -0.357 e. The number of hydrogen-bond donors (Lipinski definition) is 2. The number of aromatic nitrogens is 2. The Hall–Kier alpha value is -2.38. The molecule has 0 radical (unpaired) electrons. The summed E-state index contributed by atoms with van der Waals surface area (Å²) in [5, 5.41) is 17.3. The van der Waals surface area contributed by atoms with E-state index in [9.17, 15) is 4.79 Å². The summed E-state index contributed by atoms with van der Waals surface area (Å²) < 4.78 is 0.769. The number of nitrogens with zero attached hydrogens (tertiary/aromatic N) is 2. The van der Waals surface area contributed by atoms with E-state index < -0.39 is 0 Å². The van der Waals surface area contributed by atoms with Crippen LogP contribution in [0.3, 0.4) is 0 Å². The third-order valence-corrected chi connectivity index (χ3v) is 5.80. The van der Waals surface area contributed by atoms with Crippen LogP contribution in [0.1, 0.15) is 18.5 Å². The van der Waals surface area contributed by atoms with Crippen LogP contribution in [0.5, 0.6) is 0 Å². The molecule has 0 aliphatic rings. The molecular formula is C19H20N4OS2. The average molecular weight is 385 g/mol. The highest BCUT2D eigenvalue weighted by molar-refractivity contribution is 8.01. The SMILES string of the molecule is C=CCNc1nnc(SCC(=O)NC(C)c2ccc3ccccc3c2)s1. The maximum absolute atomic E-state index is 12.2. The molecule has 3 rings (SSSR count). The predicted octanol–water partition coefficient (Wildman–Crippen LogP) is 4.26. The first kappa shape index (κ1) is 18.4. The van der Waals surface area contributed by atoms with Gasteiger partial charge in [0.05, 0.1) is 11.8 Å². The molecule has 26 heavy (non-hydrogen) atoms. The number of hydrogen-bond acceptors (Lipinski definition) is 6. The van der Waals surface area contributed by atoms with Crippen LogP contribution in [-0.4, -0.2) is 28.4 Å². The zero-order valence-electron chi connectivity index (χ0n) is 14.4. The number of fused-ring (bicyclic) bond motifs is 1. The zero-order chi connectivity index (χ0) is 18.4. The minimum atomic E-state index is -0.0491. The molecule has 0 aliphatic carbocycles. The highest BCUT2D eigenvalue weighted by atomic mass is 32.2. The summed E-state index contributed by atoms with van der Waals surface area (Å²) in [4.78, 5) is 12.2. The van der Waals surface area contributed by atoms with Crippen molar-refractivity contribution in [2.24, 2.45) is 0 Å². The molecule has 0 fully saturated rings. The van der Waals surface area contributed by atoms with Crippen LogP contribution in [0, 0.1) is 0 Å². The largest absolute Gasteiger partial charge is 0.357 e. The van der Waals surface area contributed by atoms with Crippen LogP contribution in [0.2, 0.25) is 0 Å². The van der Waals surface area contributed by atoms with Crippen LogP contribution >= 0.6 is 23.1 Å². The number of benzene rings is 2. The van der Waals surface area contributed by atoms with Crippen molar-refractivity contribution in [1.82, 2.24) is 15.5 Å². The van der Waals surface area contributed by atoms with Gasteiger partial charge in [0.1, 0.15) is 0 Å². The number of carbonyl (C=O) groups is 1. The van der Waals surface area contributed by atoms with Crippen molar-refractivity contribution >= 4 is 44.9 Å². The van der Waals surface area contributed by atoms with Crippen LogP contribution in [-0.2, 0) is 4.79 Å². The number of amides is 1. The number of carbonyl (C=O) groups excluding carboxylic acids is 1. The standard InChI is InChI=1S/C19H20N4OS2/c1-3-10-20-18-22-23-19(26-18)25-12-17(24)21-13(2)15-9-8-14-6-4-5-7-16(14)11-15/h3-9,11,13H,1,10,12H2,2H3,(H,20,22)(H,21,24). The van der Waals surface area contributed by atoms with Crippen molar-refractivity contribution in [2.45, 2.75) is 17.3 Å². The molecule has 0 saturated heterocycles. The van der Waals surface area contributed by atoms with Crippen LogP contribution in [0.4, 0.5) is 5.13 Å². The van der Waals surface area contributed by atoms with Gasteiger partial charge in [0.25, 0.3) is 0 Å². The molecule has 5 nitrogen and oxygen atoms in total. The van der Waals surface area contributed by atoms with Gasteiger partial charge in [-0.05, 0) is 29.3 Å². The zero-order valence-corrected chi connectivity index (χ0v) is 16.1. The predicted molar refractivity (Wildman–Crippen MR) is 110 cm³/mol. The van der Waals surface area contributed by atoms with Gasteiger partial charge in [0.2, 0.25) is 11.0 Å². The molecule has 134 valence electrons. The molecule has 0 aliphatic heterocycles. The van der Waals surface area contributed by atoms with Gasteiger partial charge in [0.15, 0.2) is 4.34 Å². The first-order valence-electron chi connectivity index (χ1n) is 8.25. The van der Waals surface area contributed by atoms with Gasteiger partial charge in [-0.25, -0.2) is 0 Å². The average Bonchev–Trinajstić information content (AvgIpc) is 3.12. The quantitative estimate of drug-likeness (QED) is 0.449. The van der Waals surface area contributed by atoms with Crippen molar-refractivity contribution < 1.29 is 4.79 Å². The molecule has 0 spiro atoms. The molecule has 1 aromatic heterocycles. The van der Waals surface area contributed by atoms with Crippen LogP contribution < -0.4 is 10.6 Å². The highest BCUT2D eigenvalue weighted by Crippen LogP contribution is 2.25. The Morgan fingerprint density at radius 1 is 1.27 bits per heavy atom. The maximum Gasteiger partial charge on any atom is 0.230 e. The summed E-state index contributed by atoms with van der Waals surface area (Å²) in [5.41, 5.74) is 1.09. The Labute approximate surface area is 160 Å². The lowest BCUT2D eigenvalue weighted by Gasteiger charge is -2.14. The second-order valence-electron chi connectivity index (χ2n) is 5.73. The van der Waals surface area contributed by atoms with Gasteiger partial charge >= 0.3 is 0 Å². The van der Waals surface area contributed by atoms with Gasteiger partial charge in [-0.15, -0.1) is 16.8 Å². The second kappa shape index (κ2) is 8.82. The van der Waals surface area contributed by atoms with E-state index in [4.69, 9.17) is 0 Å². The molecule has 1 amide bonds. The summed E-state index contributed by atoms with van der Waals surface area (Å²) in [7, 11) is 0. The van der Waals surface area contributed by atoms with E-state index in [0.717, 1.165) is 15.0 Å². The summed E-state index contributed by atoms with van der Waals surface area (Å²) in [6.07, 6.45) is 1.76. The Morgan fingerprint density at radius 3 is 2.88 bits per heavy atom. The number of rotatable bonds is 8. The fourth-order valence-corrected chi connectivity index (χ4v) is 4.04. The molecule has 1 atom stereocenters. The molecule has 2 N–H and O–H groups in total. The Morgan fingerprint density at radius 2 is 2.08 bits per heavy atom. The highest BCUT2D eigenvalue weighted by Gasteiger charge is 2.12. The van der Waals surface area contributed by atoms with Crippen molar-refractivity contribution in [2.75, 3.05) is 17.6 Å². The monoisotopic (exact) mass is 384 g/mol. The van der Waals surface area contributed by atoms with Crippen LogP contribution in [0.15, 0.2) is 59.5 Å². The van der Waals surface area contributed by atoms with Gasteiger partial charge in [0, 0.05) is 6.54 Å². The number of nitrogens with one attached hydrogen (secondary N) is 2. The van der Waals surface area contributed by atoms with Crippen LogP contribution in [0.25, 0.3) is 10.8 Å². The first-order valence-corrected chi connectivity index (χ1v) is 10.0. The van der Waals surface area contributed by atoms with E-state index in [-0.39, 0.29) is 11.9 Å². The summed E-state index contributed by atoms with van der Waals surface area (Å²) in [6.45, 7) is 6.28. The van der Waals surface area contributed by atoms with Crippen molar-refractivity contribution in [3.8, 4) is 0 Å². The summed E-state index contributed by atoms with van der Waals surface area (Å²) in [5.74, 6) is 0.292. The Kier molecular flexibility index (Phi) is 6.25. The lowest BCUT2D eigenvalue weighted by Crippen LogP contribution is -2.28. The minimum absolute atomic E-state index is 0.0218. The summed E-state index contributed by atoms with van der Waals surface area (Å²) >= 11 is 2.82. The third kappa shape index (κ3) is 4.83. The fourth-order valence-electron chi connectivity index (χ4n) is 2.47. The van der Waals surface area contributed by atoms with Crippen molar-refractivity contribution in [1.29, 1.82) is 0 Å². The summed E-state index contributed by atoms with van der Waals surface area (Å²) in [6, 6.07) is 14.4. The van der Waals surface area contributed by atoms with Gasteiger partial charge in [-0.1, -0.05) is 65.6 Å². The van der Waals surface area contributed by atoms with E-state index in [2.05, 4.69) is 57.7 Å². The lowest BCUT2D eigenvalue weighted by atomic mass is 10.0. The normalized spacial score (nSPS) is 11.9. The molecule has 1 unspecified atom stereocenters. The molecular weight excluding hydrogens is 364 g/mol. The van der Waals surface area contributed by atoms with Gasteiger partial charge < -0.3 is 10.6 Å². The Balaban J connectivity index is 1.53. The molecule has 0 bridgehead atoms. The van der Waals surface area contributed by atoms with Gasteiger partial charge in [-0.3, -0.25) is 4.79 Å². The fraction of sp³-hybridized carbons (Fsp3) is 0.211.